The number of ether oxygens (including phenoxy) is 2. The summed E-state index contributed by atoms with van der Waals surface area (Å²) in [4.78, 5) is 2.51. The largest absolute Gasteiger partial charge is 0.488 e. The van der Waals surface area contributed by atoms with Gasteiger partial charge in [0.15, 0.2) is 11.5 Å². The van der Waals surface area contributed by atoms with Crippen LogP contribution in [0.25, 0.3) is 0 Å². The van der Waals surface area contributed by atoms with Crippen molar-refractivity contribution in [2.75, 3.05) is 32.8 Å². The van der Waals surface area contributed by atoms with Crippen LogP contribution in [0, 0.1) is 24.1 Å². The number of piperazine rings is 1. The second-order valence-corrected chi connectivity index (χ2v) is 10.3. The maximum absolute atomic E-state index is 14.1. The molecule has 206 valence electrons. The van der Waals surface area contributed by atoms with Crippen LogP contribution in [-0.2, 0) is 6.61 Å². The molecule has 0 aromatic heterocycles. The van der Waals surface area contributed by atoms with Crippen LogP contribution in [-0.4, -0.2) is 43.7 Å². The van der Waals surface area contributed by atoms with Crippen LogP contribution >= 0.6 is 0 Å². The average molecular weight is 530 g/mol. The molecule has 4 rings (SSSR count). The summed E-state index contributed by atoms with van der Waals surface area (Å²) in [5.74, 6) is 1.14. The van der Waals surface area contributed by atoms with E-state index in [-0.39, 0.29) is 11.9 Å². The van der Waals surface area contributed by atoms with Crippen molar-refractivity contribution in [3.05, 3.63) is 94.8 Å². The number of aryl methyl sites for hydroxylation is 1. The first kappa shape index (κ1) is 28.6. The number of nitrogens with zero attached hydrogens (tertiary/aromatic N) is 2. The van der Waals surface area contributed by atoms with Gasteiger partial charge in [-0.15, -0.1) is 0 Å². The third-order valence-corrected chi connectivity index (χ3v) is 7.67. The van der Waals surface area contributed by atoms with Crippen LogP contribution in [0.4, 0.5) is 4.39 Å². The maximum Gasteiger partial charge on any atom is 0.164 e. The van der Waals surface area contributed by atoms with E-state index >= 15 is 0 Å². The van der Waals surface area contributed by atoms with Gasteiger partial charge in [-0.1, -0.05) is 55.8 Å². The molecule has 5 nitrogen and oxygen atoms in total. The zero-order valence-corrected chi connectivity index (χ0v) is 23.2. The second-order valence-electron chi connectivity index (χ2n) is 10.3. The van der Waals surface area contributed by atoms with Gasteiger partial charge in [-0.3, -0.25) is 4.90 Å². The van der Waals surface area contributed by atoms with E-state index in [1.165, 1.54) is 17.7 Å². The summed E-state index contributed by atoms with van der Waals surface area (Å²) < 4.78 is 26.4. The van der Waals surface area contributed by atoms with Crippen LogP contribution in [0.15, 0.2) is 66.7 Å². The number of halogens is 1. The molecular formula is C33H40FN3O2. The second kappa shape index (κ2) is 14.7. The Labute approximate surface area is 232 Å². The molecule has 39 heavy (non-hydrogen) atoms. The van der Waals surface area contributed by atoms with E-state index in [1.54, 1.807) is 6.07 Å². The fourth-order valence-corrected chi connectivity index (χ4v) is 5.33. The molecule has 1 fully saturated rings. The molecule has 2 atom stereocenters. The van der Waals surface area contributed by atoms with E-state index in [9.17, 15) is 9.65 Å². The van der Waals surface area contributed by atoms with Gasteiger partial charge in [0.1, 0.15) is 19.0 Å². The molecule has 0 bridgehead atoms. The lowest BCUT2D eigenvalue weighted by Crippen LogP contribution is -2.50. The number of hydrogen-bond acceptors (Lipinski definition) is 5. The van der Waals surface area contributed by atoms with Gasteiger partial charge in [-0.05, 0) is 67.0 Å². The molecule has 3 aromatic carbocycles. The summed E-state index contributed by atoms with van der Waals surface area (Å²) in [6.07, 6.45) is 4.26. The van der Waals surface area contributed by atoms with Crippen molar-refractivity contribution in [1.82, 2.24) is 10.2 Å². The van der Waals surface area contributed by atoms with Crippen molar-refractivity contribution < 1.29 is 13.9 Å². The number of rotatable bonds is 13. The Morgan fingerprint density at radius 1 is 0.974 bits per heavy atom. The van der Waals surface area contributed by atoms with Crippen LogP contribution < -0.4 is 14.8 Å². The lowest BCUT2D eigenvalue weighted by Gasteiger charge is -2.35. The van der Waals surface area contributed by atoms with E-state index in [0.29, 0.717) is 30.6 Å². The topological polar surface area (TPSA) is 57.5 Å². The molecule has 6 heteroatoms. The summed E-state index contributed by atoms with van der Waals surface area (Å²) >= 11 is 0. The van der Waals surface area contributed by atoms with Crippen molar-refractivity contribution in [2.24, 2.45) is 0 Å². The summed E-state index contributed by atoms with van der Waals surface area (Å²) in [7, 11) is 0. The van der Waals surface area contributed by atoms with Gasteiger partial charge in [0.05, 0.1) is 11.6 Å². The molecule has 0 spiro atoms. The van der Waals surface area contributed by atoms with Gasteiger partial charge < -0.3 is 14.8 Å². The van der Waals surface area contributed by atoms with Crippen LogP contribution in [0.1, 0.15) is 60.8 Å². The molecule has 0 radical (unpaired) electrons. The first-order valence-electron chi connectivity index (χ1n) is 14.1. The number of benzene rings is 3. The lowest BCUT2D eigenvalue weighted by molar-refractivity contribution is 0.109. The molecule has 1 N–H and O–H groups in total. The highest BCUT2D eigenvalue weighted by molar-refractivity contribution is 5.41. The third-order valence-electron chi connectivity index (χ3n) is 7.67. The molecular weight excluding hydrogens is 489 g/mol. The van der Waals surface area contributed by atoms with Crippen molar-refractivity contribution in [3.63, 3.8) is 0 Å². The summed E-state index contributed by atoms with van der Waals surface area (Å²) in [6.45, 7) is 9.05. The fraction of sp³-hybridized carbons (Fsp3) is 0.424. The number of nitrogens with one attached hydrogen (secondary N) is 1. The van der Waals surface area contributed by atoms with E-state index < -0.39 is 0 Å². The Hall–Kier alpha value is -3.40. The SMILES string of the molecule is CCC(CCCC(COc1ccc(F)cc1OCc1ccccc1)N1CCNCC1)c1ccc(C#N)c(C)c1. The summed E-state index contributed by atoms with van der Waals surface area (Å²) in [5.41, 5.74) is 4.13. The molecule has 1 heterocycles. The highest BCUT2D eigenvalue weighted by Gasteiger charge is 2.23. The number of nitriles is 1. The molecule has 1 saturated heterocycles. The van der Waals surface area contributed by atoms with Gasteiger partial charge in [-0.2, -0.15) is 5.26 Å². The van der Waals surface area contributed by atoms with E-state index in [4.69, 9.17) is 9.47 Å². The molecule has 2 unspecified atom stereocenters. The molecule has 0 saturated carbocycles. The van der Waals surface area contributed by atoms with Crippen LogP contribution in [0.5, 0.6) is 11.5 Å². The first-order chi connectivity index (χ1) is 19.1. The molecule has 1 aliphatic heterocycles. The summed E-state index contributed by atoms with van der Waals surface area (Å²) in [5, 5.41) is 12.7. The van der Waals surface area contributed by atoms with E-state index in [0.717, 1.165) is 68.6 Å². The van der Waals surface area contributed by atoms with Gasteiger partial charge in [0.2, 0.25) is 0 Å². The molecule has 1 aliphatic rings. The van der Waals surface area contributed by atoms with Crippen LogP contribution in [0.2, 0.25) is 0 Å². The Balaban J connectivity index is 1.39. The Morgan fingerprint density at radius 2 is 1.77 bits per heavy atom. The predicted octanol–water partition coefficient (Wildman–Crippen LogP) is 6.60. The summed E-state index contributed by atoms with van der Waals surface area (Å²) in [6, 6.07) is 23.1. The molecule has 3 aromatic rings. The van der Waals surface area contributed by atoms with Gasteiger partial charge in [-0.25, -0.2) is 4.39 Å². The van der Waals surface area contributed by atoms with Crippen LogP contribution in [0.3, 0.4) is 0 Å². The normalized spacial score (nSPS) is 15.3. The standard InChI is InChI=1S/C33H40FN3O2/c1-3-27(28-12-13-29(22-35)25(2)20-28)10-7-11-31(37-18-16-36-17-19-37)24-39-32-15-14-30(34)21-33(32)38-23-26-8-5-4-6-9-26/h4-6,8-9,12-15,20-21,27,31,36H,3,7,10-11,16-19,23-24H2,1-2H3. The minimum absolute atomic E-state index is 0.263. The van der Waals surface area contributed by atoms with Gasteiger partial charge in [0.25, 0.3) is 0 Å². The minimum Gasteiger partial charge on any atom is -0.488 e. The highest BCUT2D eigenvalue weighted by atomic mass is 19.1. The Kier molecular flexibility index (Phi) is 10.8. The minimum atomic E-state index is -0.340. The van der Waals surface area contributed by atoms with Crippen molar-refractivity contribution in [3.8, 4) is 17.6 Å². The molecule has 0 amide bonds. The van der Waals surface area contributed by atoms with E-state index in [1.807, 2.05) is 43.3 Å². The Bertz CT molecular complexity index is 1220. The quantitative estimate of drug-likeness (QED) is 0.270. The zero-order valence-electron chi connectivity index (χ0n) is 23.2. The average Bonchev–Trinajstić information content (AvgIpc) is 2.97. The van der Waals surface area contributed by atoms with Crippen molar-refractivity contribution >= 4 is 0 Å². The smallest absolute Gasteiger partial charge is 0.164 e. The van der Waals surface area contributed by atoms with Gasteiger partial charge in [0, 0.05) is 38.3 Å². The predicted molar refractivity (Wildman–Crippen MR) is 154 cm³/mol. The third kappa shape index (κ3) is 8.29. The zero-order chi connectivity index (χ0) is 27.5. The maximum atomic E-state index is 14.1. The highest BCUT2D eigenvalue weighted by Crippen LogP contribution is 2.31. The lowest BCUT2D eigenvalue weighted by atomic mass is 9.88. The fourth-order valence-electron chi connectivity index (χ4n) is 5.33. The molecule has 0 aliphatic carbocycles. The van der Waals surface area contributed by atoms with Crippen molar-refractivity contribution in [2.45, 2.75) is 58.1 Å². The Morgan fingerprint density at radius 3 is 2.49 bits per heavy atom. The first-order valence-corrected chi connectivity index (χ1v) is 14.1. The number of hydrogen-bond donors (Lipinski definition) is 1. The van der Waals surface area contributed by atoms with Crippen molar-refractivity contribution in [1.29, 1.82) is 5.26 Å². The van der Waals surface area contributed by atoms with Gasteiger partial charge >= 0.3 is 0 Å². The van der Waals surface area contributed by atoms with E-state index in [2.05, 4.69) is 35.3 Å². The monoisotopic (exact) mass is 529 g/mol.